The second-order valence-corrected chi connectivity index (χ2v) is 12.4. The van der Waals surface area contributed by atoms with Crippen molar-refractivity contribution in [1.82, 2.24) is 20.3 Å². The fraction of sp³-hybridized carbons (Fsp3) is 0.357. The molecule has 234 valence electrons. The molecule has 2 heterocycles. The maximum absolute atomic E-state index is 13.4. The molecule has 1 amide bonds. The summed E-state index contributed by atoms with van der Waals surface area (Å²) in [6.45, 7) is 0.623. The second kappa shape index (κ2) is 14.4. The van der Waals surface area contributed by atoms with Crippen LogP contribution in [0.2, 0.25) is 0 Å². The molecular weight excluding hydrogens is 614 g/mol. The third-order valence-electron chi connectivity index (χ3n) is 6.79. The van der Waals surface area contributed by atoms with E-state index in [4.69, 9.17) is 19.3 Å². The molecule has 0 saturated heterocycles. The molecule has 1 aliphatic carbocycles. The molecule has 2 aromatic heterocycles. The van der Waals surface area contributed by atoms with Crippen molar-refractivity contribution in [2.45, 2.75) is 31.7 Å². The van der Waals surface area contributed by atoms with Gasteiger partial charge in [0.15, 0.2) is 16.6 Å². The van der Waals surface area contributed by atoms with Gasteiger partial charge in [0.25, 0.3) is 0 Å². The molecule has 0 bridgehead atoms. The van der Waals surface area contributed by atoms with Crippen molar-refractivity contribution >= 4 is 52.6 Å². The summed E-state index contributed by atoms with van der Waals surface area (Å²) in [5.74, 6) is 1.28. The molecule has 16 heteroatoms. The third-order valence-corrected chi connectivity index (χ3v) is 8.22. The van der Waals surface area contributed by atoms with Gasteiger partial charge in [0.05, 0.1) is 32.3 Å². The monoisotopic (exact) mass is 646 g/mol. The van der Waals surface area contributed by atoms with Crippen LogP contribution in [-0.2, 0) is 20.3 Å². The van der Waals surface area contributed by atoms with Gasteiger partial charge in [0, 0.05) is 40.8 Å². The van der Waals surface area contributed by atoms with Gasteiger partial charge < -0.3 is 35.2 Å². The van der Waals surface area contributed by atoms with Crippen LogP contribution in [0.5, 0.6) is 11.5 Å². The van der Waals surface area contributed by atoms with Crippen LogP contribution >= 0.6 is 19.2 Å². The minimum Gasteiger partial charge on any atom is -0.493 e. The molecule has 1 unspecified atom stereocenters. The largest absolute Gasteiger partial charge is 0.493 e. The molecule has 13 nitrogen and oxygen atoms in total. The van der Waals surface area contributed by atoms with E-state index in [0.29, 0.717) is 69.4 Å². The highest BCUT2D eigenvalue weighted by atomic mass is 32.1. The second-order valence-electron chi connectivity index (χ2n) is 10.1. The predicted molar refractivity (Wildman–Crippen MR) is 163 cm³/mol. The van der Waals surface area contributed by atoms with Gasteiger partial charge in [-0.3, -0.25) is 9.32 Å². The summed E-state index contributed by atoms with van der Waals surface area (Å²) in [6, 6.07) is 9.40. The molecule has 5 N–H and O–H groups in total. The van der Waals surface area contributed by atoms with E-state index < -0.39 is 13.6 Å². The molecule has 1 fully saturated rings. The number of rotatable bonds is 16. The topological polar surface area (TPSA) is 177 Å². The first-order chi connectivity index (χ1) is 21.2. The predicted octanol–water partition coefficient (Wildman–Crippen LogP) is 4.41. The Morgan fingerprint density at radius 1 is 1.16 bits per heavy atom. The molecule has 1 aliphatic rings. The maximum Gasteiger partial charge on any atom is 0.469 e. The average Bonchev–Trinajstić information content (AvgIpc) is 3.73. The lowest BCUT2D eigenvalue weighted by molar-refractivity contribution is -0.115. The van der Waals surface area contributed by atoms with Crippen molar-refractivity contribution in [2.24, 2.45) is 5.92 Å². The molecule has 4 aromatic rings. The number of amides is 1. The van der Waals surface area contributed by atoms with Crippen molar-refractivity contribution in [3.8, 4) is 11.5 Å². The highest BCUT2D eigenvalue weighted by Crippen LogP contribution is 2.38. The highest BCUT2D eigenvalue weighted by Gasteiger charge is 2.31. The smallest absolute Gasteiger partial charge is 0.469 e. The number of carbonyl (C=O) groups excluding carboxylic acids is 1. The van der Waals surface area contributed by atoms with Crippen LogP contribution in [0.3, 0.4) is 0 Å². The minimum absolute atomic E-state index is 0.0766. The molecule has 0 aliphatic heterocycles. The molecular formula is C28H32FN6O7PS. The Bertz CT molecular complexity index is 1650. The van der Waals surface area contributed by atoms with Crippen molar-refractivity contribution < 1.29 is 37.5 Å². The average molecular weight is 647 g/mol. The molecule has 0 spiro atoms. The fourth-order valence-electron chi connectivity index (χ4n) is 4.62. The summed E-state index contributed by atoms with van der Waals surface area (Å²) in [7, 11) is -2.94. The lowest BCUT2D eigenvalue weighted by atomic mass is 10.1. The van der Waals surface area contributed by atoms with E-state index >= 15 is 0 Å². The van der Waals surface area contributed by atoms with Gasteiger partial charge in [-0.05, 0) is 49.4 Å². The molecule has 2 aromatic carbocycles. The number of phosphoric ester groups is 1. The van der Waals surface area contributed by atoms with E-state index in [9.17, 15) is 13.8 Å². The Labute approximate surface area is 256 Å². The van der Waals surface area contributed by atoms with Crippen molar-refractivity contribution in [3.05, 3.63) is 59.6 Å². The number of ether oxygens (including phenoxy) is 2. The molecule has 1 atom stereocenters. The first-order valence-electron chi connectivity index (χ1n) is 13.8. The summed E-state index contributed by atoms with van der Waals surface area (Å²) < 4.78 is 40.5. The van der Waals surface area contributed by atoms with Gasteiger partial charge in [-0.1, -0.05) is 6.07 Å². The molecule has 1 saturated carbocycles. The number of anilines is 3. The number of thiazole rings is 1. The number of nitrogens with zero attached hydrogens (tertiary/aromatic N) is 3. The van der Waals surface area contributed by atoms with Gasteiger partial charge in [-0.2, -0.15) is 0 Å². The fourth-order valence-corrected chi connectivity index (χ4v) is 5.76. The summed E-state index contributed by atoms with van der Waals surface area (Å²) in [4.78, 5) is 44.0. The summed E-state index contributed by atoms with van der Waals surface area (Å²) in [5.41, 5.74) is 1.00. The lowest BCUT2D eigenvalue weighted by Gasteiger charge is -2.19. The Morgan fingerprint density at radius 2 is 2.00 bits per heavy atom. The number of halogens is 1. The number of hydrogen-bond acceptors (Lipinski definition) is 11. The van der Waals surface area contributed by atoms with Crippen LogP contribution in [0.1, 0.15) is 24.1 Å². The first kappa shape index (κ1) is 31.7. The van der Waals surface area contributed by atoms with Crippen LogP contribution in [-0.4, -0.2) is 63.6 Å². The number of phosphoric acid groups is 1. The normalized spacial score (nSPS) is 13.9. The summed E-state index contributed by atoms with van der Waals surface area (Å²) in [5, 5.41) is 10.4. The maximum atomic E-state index is 13.4. The molecule has 0 radical (unpaired) electrons. The van der Waals surface area contributed by atoms with Crippen LogP contribution in [0.15, 0.2) is 48.9 Å². The van der Waals surface area contributed by atoms with E-state index in [1.54, 1.807) is 31.5 Å². The molecule has 44 heavy (non-hydrogen) atoms. The van der Waals surface area contributed by atoms with E-state index in [0.717, 1.165) is 12.8 Å². The Hall–Kier alpha value is -3.72. The van der Waals surface area contributed by atoms with Crippen LogP contribution < -0.4 is 25.4 Å². The van der Waals surface area contributed by atoms with E-state index in [1.807, 2.05) is 0 Å². The Morgan fingerprint density at radius 3 is 2.75 bits per heavy atom. The number of methoxy groups -OCH3 is 1. The van der Waals surface area contributed by atoms with Crippen LogP contribution in [0.4, 0.5) is 21.0 Å². The zero-order valence-corrected chi connectivity index (χ0v) is 25.4. The molecule has 5 rings (SSSR count). The SMILES string of the molecule is COc1cc2c(Nc3ncc(CC(=O)Nc4cccc(F)c4)s3)ncnc2cc1OCCC(NCCOP(=O)(O)O)C1CC1. The Kier molecular flexibility index (Phi) is 10.4. The first-order valence-corrected chi connectivity index (χ1v) is 16.2. The number of aromatic nitrogens is 3. The number of hydrogen-bond donors (Lipinski definition) is 5. The number of benzene rings is 2. The van der Waals surface area contributed by atoms with Crippen molar-refractivity contribution in [1.29, 1.82) is 0 Å². The van der Waals surface area contributed by atoms with Gasteiger partial charge >= 0.3 is 7.82 Å². The highest BCUT2D eigenvalue weighted by molar-refractivity contribution is 7.46. The van der Waals surface area contributed by atoms with Gasteiger partial charge in [-0.25, -0.2) is 23.9 Å². The zero-order valence-electron chi connectivity index (χ0n) is 23.7. The summed E-state index contributed by atoms with van der Waals surface area (Å²) in [6.07, 6.45) is 5.97. The lowest BCUT2D eigenvalue weighted by Crippen LogP contribution is -2.35. The quantitative estimate of drug-likeness (QED) is 0.0858. The van der Waals surface area contributed by atoms with E-state index in [-0.39, 0.29) is 25.0 Å². The van der Waals surface area contributed by atoms with Crippen LogP contribution in [0, 0.1) is 11.7 Å². The summed E-state index contributed by atoms with van der Waals surface area (Å²) >= 11 is 1.29. The number of fused-ring (bicyclic) bond motifs is 1. The Balaban J connectivity index is 1.19. The minimum atomic E-state index is -4.49. The standard InChI is InChI=1S/C28H32FN6O7PS/c1-40-24-13-21-23(14-25(24)41-9-7-22(17-5-6-17)30-8-10-42-43(37,38)39)32-16-33-27(21)35-28-31-15-20(44-28)12-26(36)34-19-4-2-3-18(29)11-19/h2-4,11,13-17,22,30H,5-10,12H2,1H3,(H,34,36)(H2,37,38,39)(H,31,32,33,35). The third kappa shape index (κ3) is 9.14. The van der Waals surface area contributed by atoms with Gasteiger partial charge in [0.2, 0.25) is 5.91 Å². The van der Waals surface area contributed by atoms with Crippen molar-refractivity contribution in [3.63, 3.8) is 0 Å². The van der Waals surface area contributed by atoms with Crippen LogP contribution in [0.25, 0.3) is 10.9 Å². The van der Waals surface area contributed by atoms with Crippen molar-refractivity contribution in [2.75, 3.05) is 37.5 Å². The van der Waals surface area contributed by atoms with Gasteiger partial charge in [0.1, 0.15) is 18.0 Å². The number of carbonyl (C=O) groups is 1. The van der Waals surface area contributed by atoms with E-state index in [1.165, 1.54) is 35.9 Å². The van der Waals surface area contributed by atoms with E-state index in [2.05, 4.69) is 35.4 Å². The number of nitrogens with one attached hydrogen (secondary N) is 3. The van der Waals surface area contributed by atoms with Gasteiger partial charge in [-0.15, -0.1) is 11.3 Å². The zero-order chi connectivity index (χ0) is 31.1.